The van der Waals surface area contributed by atoms with Crippen molar-refractivity contribution in [3.63, 3.8) is 0 Å². The van der Waals surface area contributed by atoms with E-state index in [1.165, 1.54) is 6.07 Å². The van der Waals surface area contributed by atoms with Crippen LogP contribution in [0.1, 0.15) is 56.6 Å². The Balaban J connectivity index is 2.11. The fourth-order valence-corrected chi connectivity index (χ4v) is 7.96. The molecule has 3 rings (SSSR count). The first kappa shape index (κ1) is 33.9. The van der Waals surface area contributed by atoms with Crippen molar-refractivity contribution in [2.45, 2.75) is 80.9 Å². The zero-order valence-corrected chi connectivity index (χ0v) is 25.3. The number of carbonyl (C=O) groups excluding carboxylic acids is 1. The predicted molar refractivity (Wildman–Crippen MR) is 159 cm³/mol. The van der Waals surface area contributed by atoms with Gasteiger partial charge in [-0.2, -0.15) is 0 Å². The van der Waals surface area contributed by atoms with E-state index in [2.05, 4.69) is 5.32 Å². The summed E-state index contributed by atoms with van der Waals surface area (Å²) >= 11 is 0. The van der Waals surface area contributed by atoms with Gasteiger partial charge in [-0.15, -0.1) is 0 Å². The Labute approximate surface area is 247 Å². The number of nitrogens with zero attached hydrogens (tertiary/aromatic N) is 1. The van der Waals surface area contributed by atoms with Crippen LogP contribution >= 0.6 is 0 Å². The maximum Gasteiger partial charge on any atom is 0.256 e. The Morgan fingerprint density at radius 2 is 1.76 bits per heavy atom. The Morgan fingerprint density at radius 1 is 1.07 bits per heavy atom. The third-order valence-electron chi connectivity index (χ3n) is 8.37. The van der Waals surface area contributed by atoms with Crippen LogP contribution in [-0.4, -0.2) is 102 Å². The summed E-state index contributed by atoms with van der Waals surface area (Å²) in [6.45, 7) is 3.01. The number of unbranched alkanes of at least 4 members (excludes halogenated alkanes) is 1. The number of hydrogen-bond donors (Lipinski definition) is 7. The number of aliphatic hydroxyl groups is 6. The molecule has 0 unspecified atom stereocenters. The SMILES string of the molecule is CCCC[C@]1(CC)CS(=O)(=O)c2ccc(N(C)C)cc2[C@@H](c2cccc(NC(=O)[C@H](O)[C@@H](O)[C@H](O)[C@H](O)CO)c2)[C@@H]1O. The third-order valence-corrected chi connectivity index (χ3v) is 10.4. The van der Waals surface area contributed by atoms with Crippen molar-refractivity contribution >= 4 is 27.1 Å². The van der Waals surface area contributed by atoms with Crippen molar-refractivity contribution in [3.05, 3.63) is 53.6 Å². The molecule has 1 aliphatic rings. The quantitative estimate of drug-likeness (QED) is 0.183. The lowest BCUT2D eigenvalue weighted by molar-refractivity contribution is -0.144. The van der Waals surface area contributed by atoms with E-state index >= 15 is 0 Å². The van der Waals surface area contributed by atoms with Gasteiger partial charge in [0.05, 0.1) is 23.4 Å². The number of amides is 1. The summed E-state index contributed by atoms with van der Waals surface area (Å²) in [5.74, 6) is -2.05. The van der Waals surface area contributed by atoms with Crippen molar-refractivity contribution in [1.82, 2.24) is 0 Å². The normalized spacial score (nSPS) is 24.5. The molecule has 0 saturated heterocycles. The molecular weight excluding hydrogens is 564 g/mol. The molecule has 2 aromatic carbocycles. The maximum absolute atomic E-state index is 13.8. The zero-order chi connectivity index (χ0) is 31.4. The maximum atomic E-state index is 13.8. The molecule has 7 N–H and O–H groups in total. The van der Waals surface area contributed by atoms with E-state index in [9.17, 15) is 38.7 Å². The van der Waals surface area contributed by atoms with Gasteiger partial charge in [0.25, 0.3) is 5.91 Å². The molecule has 12 heteroatoms. The minimum atomic E-state index is -3.78. The summed E-state index contributed by atoms with van der Waals surface area (Å²) < 4.78 is 27.6. The summed E-state index contributed by atoms with van der Waals surface area (Å²) in [6.07, 6.45) is -6.54. The number of anilines is 2. The van der Waals surface area contributed by atoms with Crippen LogP contribution in [0.15, 0.2) is 47.4 Å². The van der Waals surface area contributed by atoms with E-state index in [1.807, 2.05) is 32.8 Å². The van der Waals surface area contributed by atoms with Crippen LogP contribution in [0.2, 0.25) is 0 Å². The largest absolute Gasteiger partial charge is 0.394 e. The molecule has 42 heavy (non-hydrogen) atoms. The fraction of sp³-hybridized carbons (Fsp3) is 0.567. The Kier molecular flexibility index (Phi) is 11.2. The topological polar surface area (TPSA) is 188 Å². The second-order valence-corrected chi connectivity index (χ2v) is 13.4. The van der Waals surface area contributed by atoms with Crippen molar-refractivity contribution in [1.29, 1.82) is 0 Å². The van der Waals surface area contributed by atoms with Crippen LogP contribution in [0, 0.1) is 5.41 Å². The highest BCUT2D eigenvalue weighted by atomic mass is 32.2. The Hall–Kier alpha value is -2.58. The van der Waals surface area contributed by atoms with Gasteiger partial charge in [-0.05, 0) is 54.3 Å². The van der Waals surface area contributed by atoms with Crippen LogP contribution in [0.5, 0.6) is 0 Å². The van der Waals surface area contributed by atoms with E-state index in [0.717, 1.165) is 18.5 Å². The number of fused-ring (bicyclic) bond motifs is 1. The van der Waals surface area contributed by atoms with Crippen LogP contribution in [-0.2, 0) is 14.6 Å². The van der Waals surface area contributed by atoms with Gasteiger partial charge in [-0.25, -0.2) is 8.42 Å². The smallest absolute Gasteiger partial charge is 0.256 e. The molecule has 0 spiro atoms. The summed E-state index contributed by atoms with van der Waals surface area (Å²) in [7, 11) is -0.112. The lowest BCUT2D eigenvalue weighted by Gasteiger charge is -2.39. The molecule has 1 heterocycles. The molecule has 0 radical (unpaired) electrons. The van der Waals surface area contributed by atoms with Crippen molar-refractivity contribution < 1.29 is 43.9 Å². The van der Waals surface area contributed by atoms with E-state index in [4.69, 9.17) is 5.11 Å². The molecule has 0 bridgehead atoms. The second-order valence-electron chi connectivity index (χ2n) is 11.4. The second kappa shape index (κ2) is 13.8. The number of nitrogens with one attached hydrogen (secondary N) is 1. The van der Waals surface area contributed by atoms with Gasteiger partial charge in [0.2, 0.25) is 0 Å². The minimum absolute atomic E-state index is 0.147. The molecule has 234 valence electrons. The molecular formula is C30H44N2O9S. The highest BCUT2D eigenvalue weighted by Gasteiger charge is 2.49. The molecule has 0 aliphatic carbocycles. The highest BCUT2D eigenvalue weighted by molar-refractivity contribution is 7.91. The average Bonchev–Trinajstić information content (AvgIpc) is 3.04. The molecule has 0 aromatic heterocycles. The van der Waals surface area contributed by atoms with Crippen LogP contribution in [0.3, 0.4) is 0 Å². The Bertz CT molecular complexity index is 1340. The number of sulfone groups is 1. The number of aliphatic hydroxyl groups excluding tert-OH is 6. The van der Waals surface area contributed by atoms with Gasteiger partial charge in [0.15, 0.2) is 15.9 Å². The molecule has 7 atom stereocenters. The minimum Gasteiger partial charge on any atom is -0.394 e. The standard InChI is InChI=1S/C30H44N2O9S/c1-5-7-13-30(6-2)17-42(40,41)23-12-11-20(32(3)4)15-21(23)24(28(30)38)18-9-8-10-19(14-18)31-29(39)27(37)26(36)25(35)22(34)16-33/h8-12,14-15,22,24-28,33-38H,5-7,13,16-17H2,1-4H3,(H,31,39)/t22-,24-,25-,26+,27-,28+,30-/m1/s1. The summed E-state index contributed by atoms with van der Waals surface area (Å²) in [4.78, 5) is 14.7. The van der Waals surface area contributed by atoms with Crippen molar-refractivity contribution in [3.8, 4) is 0 Å². The molecule has 2 aromatic rings. The molecule has 0 fully saturated rings. The van der Waals surface area contributed by atoms with Gasteiger partial charge in [0, 0.05) is 36.8 Å². The lowest BCUT2D eigenvalue weighted by Crippen LogP contribution is -2.50. The first-order chi connectivity index (χ1) is 19.7. The first-order valence-corrected chi connectivity index (χ1v) is 15.8. The van der Waals surface area contributed by atoms with Crippen LogP contribution < -0.4 is 10.2 Å². The average molecular weight is 609 g/mol. The first-order valence-electron chi connectivity index (χ1n) is 14.2. The number of benzene rings is 2. The van der Waals surface area contributed by atoms with E-state index in [1.54, 1.807) is 36.4 Å². The summed E-state index contributed by atoms with van der Waals surface area (Å²) in [6, 6.07) is 11.6. The molecule has 1 amide bonds. The van der Waals surface area contributed by atoms with Gasteiger partial charge in [-0.1, -0.05) is 38.8 Å². The monoisotopic (exact) mass is 608 g/mol. The molecule has 1 aliphatic heterocycles. The summed E-state index contributed by atoms with van der Waals surface area (Å²) in [5, 5.41) is 63.4. The van der Waals surface area contributed by atoms with Gasteiger partial charge in [0.1, 0.15) is 18.3 Å². The van der Waals surface area contributed by atoms with E-state index < -0.39 is 64.2 Å². The number of hydrogen-bond acceptors (Lipinski definition) is 10. The van der Waals surface area contributed by atoms with Crippen molar-refractivity contribution in [2.24, 2.45) is 5.41 Å². The van der Waals surface area contributed by atoms with Crippen molar-refractivity contribution in [2.75, 3.05) is 36.7 Å². The highest BCUT2D eigenvalue weighted by Crippen LogP contribution is 2.49. The predicted octanol–water partition coefficient (Wildman–Crippen LogP) is 0.994. The van der Waals surface area contributed by atoms with Crippen LogP contribution in [0.25, 0.3) is 0 Å². The molecule has 0 saturated carbocycles. The van der Waals surface area contributed by atoms with E-state index in [0.29, 0.717) is 24.0 Å². The van der Waals surface area contributed by atoms with Gasteiger partial charge < -0.3 is 40.9 Å². The molecule has 11 nitrogen and oxygen atoms in total. The number of rotatable bonds is 12. The lowest BCUT2D eigenvalue weighted by atomic mass is 9.69. The van der Waals surface area contributed by atoms with E-state index in [-0.39, 0.29) is 16.3 Å². The van der Waals surface area contributed by atoms with Gasteiger partial charge in [-0.3, -0.25) is 4.79 Å². The Morgan fingerprint density at radius 3 is 2.36 bits per heavy atom. The number of carbonyl (C=O) groups is 1. The third kappa shape index (κ3) is 6.96. The summed E-state index contributed by atoms with van der Waals surface area (Å²) in [5.41, 5.74) is 1.00. The zero-order valence-electron chi connectivity index (χ0n) is 24.5. The van der Waals surface area contributed by atoms with Crippen LogP contribution in [0.4, 0.5) is 11.4 Å². The van der Waals surface area contributed by atoms with Gasteiger partial charge >= 0.3 is 0 Å². The fourth-order valence-electron chi connectivity index (χ4n) is 5.71.